The van der Waals surface area contributed by atoms with Gasteiger partial charge < -0.3 is 11.1 Å². The van der Waals surface area contributed by atoms with Gasteiger partial charge in [0.2, 0.25) is 0 Å². The number of nitrogen functional groups attached to an aromatic ring is 1. The first-order valence-corrected chi connectivity index (χ1v) is 3.30. The van der Waals surface area contributed by atoms with Crippen LogP contribution in [-0.2, 0) is 0 Å². The molecule has 0 heterocycles. The summed E-state index contributed by atoms with van der Waals surface area (Å²) in [6, 6.07) is 9.33. The summed E-state index contributed by atoms with van der Waals surface area (Å²) >= 11 is 0. The molecule has 3 nitrogen and oxygen atoms in total. The van der Waals surface area contributed by atoms with Gasteiger partial charge >= 0.3 is 0 Å². The van der Waals surface area contributed by atoms with Gasteiger partial charge in [0.1, 0.15) is 6.54 Å². The van der Waals surface area contributed by atoms with Crippen molar-refractivity contribution in [1.82, 2.24) is 0 Å². The Morgan fingerprint density at radius 3 is 2.82 bits per heavy atom. The molecule has 0 atom stereocenters. The van der Waals surface area contributed by atoms with Crippen molar-refractivity contribution in [1.29, 1.82) is 5.26 Å². The van der Waals surface area contributed by atoms with Crippen LogP contribution in [0.1, 0.15) is 0 Å². The van der Waals surface area contributed by atoms with Gasteiger partial charge in [0.25, 0.3) is 0 Å². The minimum Gasteiger partial charge on any atom is -0.397 e. The van der Waals surface area contributed by atoms with E-state index in [2.05, 4.69) is 5.32 Å². The van der Waals surface area contributed by atoms with E-state index in [4.69, 9.17) is 11.0 Å². The minimum absolute atomic E-state index is 0.286. The fourth-order valence-electron chi connectivity index (χ4n) is 0.793. The van der Waals surface area contributed by atoms with Crippen molar-refractivity contribution in [2.24, 2.45) is 0 Å². The molecule has 0 saturated heterocycles. The van der Waals surface area contributed by atoms with Crippen LogP contribution in [0.15, 0.2) is 24.3 Å². The molecule has 0 unspecified atom stereocenters. The zero-order valence-corrected chi connectivity index (χ0v) is 6.04. The maximum atomic E-state index is 8.27. The molecule has 0 radical (unpaired) electrons. The molecule has 3 N–H and O–H groups in total. The molecule has 0 saturated carbocycles. The molecule has 0 fully saturated rings. The highest BCUT2D eigenvalue weighted by Gasteiger charge is 1.93. The van der Waals surface area contributed by atoms with Gasteiger partial charge in [0.15, 0.2) is 0 Å². The molecule has 11 heavy (non-hydrogen) atoms. The first kappa shape index (κ1) is 7.42. The second-order valence-electron chi connectivity index (χ2n) is 2.10. The molecule has 1 aromatic carbocycles. The summed E-state index contributed by atoms with van der Waals surface area (Å²) in [4.78, 5) is 0. The summed E-state index contributed by atoms with van der Waals surface area (Å²) in [5, 5.41) is 11.1. The molecular weight excluding hydrogens is 138 g/mol. The summed E-state index contributed by atoms with van der Waals surface area (Å²) in [6.45, 7) is 0.286. The van der Waals surface area contributed by atoms with E-state index in [9.17, 15) is 0 Å². The second kappa shape index (κ2) is 3.47. The number of hydrogen-bond donors (Lipinski definition) is 2. The first-order chi connectivity index (χ1) is 5.34. The number of benzene rings is 1. The van der Waals surface area contributed by atoms with Crippen LogP contribution in [0.4, 0.5) is 11.4 Å². The number of rotatable bonds is 2. The molecule has 0 aliphatic rings. The quantitative estimate of drug-likeness (QED) is 0.488. The molecule has 56 valence electrons. The SMILES string of the molecule is N#CCNc1ccccc1N. The Morgan fingerprint density at radius 1 is 1.45 bits per heavy atom. The first-order valence-electron chi connectivity index (χ1n) is 3.30. The van der Waals surface area contributed by atoms with Crippen LogP contribution in [0, 0.1) is 11.3 Å². The lowest BCUT2D eigenvalue weighted by molar-refractivity contribution is 1.32. The zero-order valence-electron chi connectivity index (χ0n) is 6.04. The Kier molecular flexibility index (Phi) is 2.34. The van der Waals surface area contributed by atoms with Crippen molar-refractivity contribution in [2.45, 2.75) is 0 Å². The smallest absolute Gasteiger partial charge is 0.103 e. The van der Waals surface area contributed by atoms with E-state index in [1.807, 2.05) is 24.3 Å². The minimum atomic E-state index is 0.286. The normalized spacial score (nSPS) is 8.64. The molecule has 1 rings (SSSR count). The summed E-state index contributed by atoms with van der Waals surface area (Å²) < 4.78 is 0. The number of para-hydroxylation sites is 2. The number of nitrogens with two attached hydrogens (primary N) is 1. The van der Waals surface area contributed by atoms with E-state index in [1.54, 1.807) is 6.07 Å². The van der Waals surface area contributed by atoms with Crippen molar-refractivity contribution in [2.75, 3.05) is 17.6 Å². The van der Waals surface area contributed by atoms with Gasteiger partial charge in [-0.3, -0.25) is 0 Å². The van der Waals surface area contributed by atoms with Crippen molar-refractivity contribution in [3.8, 4) is 6.07 Å². The van der Waals surface area contributed by atoms with Gasteiger partial charge in [-0.2, -0.15) is 5.26 Å². The third-order valence-corrected chi connectivity index (χ3v) is 1.32. The van der Waals surface area contributed by atoms with Crippen molar-refractivity contribution >= 4 is 11.4 Å². The van der Waals surface area contributed by atoms with Crippen LogP contribution in [-0.4, -0.2) is 6.54 Å². The summed E-state index contributed by atoms with van der Waals surface area (Å²) in [6.07, 6.45) is 0. The lowest BCUT2D eigenvalue weighted by atomic mass is 10.3. The highest BCUT2D eigenvalue weighted by Crippen LogP contribution is 2.15. The average molecular weight is 147 g/mol. The fourth-order valence-corrected chi connectivity index (χ4v) is 0.793. The van der Waals surface area contributed by atoms with Crippen molar-refractivity contribution < 1.29 is 0 Å². The number of hydrogen-bond acceptors (Lipinski definition) is 3. The molecule has 0 spiro atoms. The molecule has 0 aromatic heterocycles. The lowest BCUT2D eigenvalue weighted by Crippen LogP contribution is -2.01. The molecule has 0 bridgehead atoms. The van der Waals surface area contributed by atoms with Crippen LogP contribution in [0.5, 0.6) is 0 Å². The largest absolute Gasteiger partial charge is 0.397 e. The van der Waals surface area contributed by atoms with Crippen LogP contribution >= 0.6 is 0 Å². The van der Waals surface area contributed by atoms with E-state index in [0.29, 0.717) is 5.69 Å². The summed E-state index contributed by atoms with van der Waals surface area (Å²) in [5.74, 6) is 0. The van der Waals surface area contributed by atoms with Crippen molar-refractivity contribution in [3.05, 3.63) is 24.3 Å². The highest BCUT2D eigenvalue weighted by molar-refractivity contribution is 5.65. The number of nitriles is 1. The maximum Gasteiger partial charge on any atom is 0.103 e. The van der Waals surface area contributed by atoms with Gasteiger partial charge in [-0.05, 0) is 12.1 Å². The Hall–Kier alpha value is -1.69. The second-order valence-corrected chi connectivity index (χ2v) is 2.10. The van der Waals surface area contributed by atoms with E-state index in [0.717, 1.165) is 5.69 Å². The van der Waals surface area contributed by atoms with E-state index in [1.165, 1.54) is 0 Å². The van der Waals surface area contributed by atoms with E-state index in [-0.39, 0.29) is 6.54 Å². The highest BCUT2D eigenvalue weighted by atomic mass is 14.9. The molecule has 1 aromatic rings. The molecular formula is C8H9N3. The topological polar surface area (TPSA) is 61.8 Å². The molecule has 0 aliphatic carbocycles. The predicted molar refractivity (Wildman–Crippen MR) is 45.0 cm³/mol. The number of anilines is 2. The lowest BCUT2D eigenvalue weighted by Gasteiger charge is -2.03. The van der Waals surface area contributed by atoms with Gasteiger partial charge in [-0.15, -0.1) is 0 Å². The van der Waals surface area contributed by atoms with Gasteiger partial charge in [-0.25, -0.2) is 0 Å². The third-order valence-electron chi connectivity index (χ3n) is 1.32. The fraction of sp³-hybridized carbons (Fsp3) is 0.125. The molecule has 0 aliphatic heterocycles. The summed E-state index contributed by atoms with van der Waals surface area (Å²) in [7, 11) is 0. The Labute approximate surface area is 65.4 Å². The third kappa shape index (κ3) is 1.87. The van der Waals surface area contributed by atoms with Crippen molar-refractivity contribution in [3.63, 3.8) is 0 Å². The summed E-state index contributed by atoms with van der Waals surface area (Å²) in [5.41, 5.74) is 7.07. The van der Waals surface area contributed by atoms with Gasteiger partial charge in [0, 0.05) is 0 Å². The zero-order chi connectivity index (χ0) is 8.10. The van der Waals surface area contributed by atoms with Crippen LogP contribution in [0.25, 0.3) is 0 Å². The van der Waals surface area contributed by atoms with Gasteiger partial charge in [-0.1, -0.05) is 12.1 Å². The average Bonchev–Trinajstić information content (AvgIpc) is 2.03. The monoisotopic (exact) mass is 147 g/mol. The maximum absolute atomic E-state index is 8.27. The Balaban J connectivity index is 2.71. The van der Waals surface area contributed by atoms with Crippen LogP contribution in [0.3, 0.4) is 0 Å². The van der Waals surface area contributed by atoms with E-state index >= 15 is 0 Å². The number of nitrogens with one attached hydrogen (secondary N) is 1. The molecule has 0 amide bonds. The molecule has 3 heteroatoms. The standard InChI is InChI=1S/C8H9N3/c9-5-6-11-8-4-2-1-3-7(8)10/h1-4,11H,6,10H2. The Bertz CT molecular complexity index is 275. The predicted octanol–water partition coefficient (Wildman–Crippen LogP) is 1.20. The van der Waals surface area contributed by atoms with Crippen LogP contribution in [0.2, 0.25) is 0 Å². The van der Waals surface area contributed by atoms with Crippen LogP contribution < -0.4 is 11.1 Å². The number of nitrogens with zero attached hydrogens (tertiary/aromatic N) is 1. The van der Waals surface area contributed by atoms with E-state index < -0.39 is 0 Å². The van der Waals surface area contributed by atoms with Gasteiger partial charge in [0.05, 0.1) is 17.4 Å². The Morgan fingerprint density at radius 2 is 2.18 bits per heavy atom.